The van der Waals surface area contributed by atoms with Crippen LogP contribution in [0.15, 0.2) is 12.3 Å². The molecule has 13 heavy (non-hydrogen) atoms. The zero-order valence-corrected chi connectivity index (χ0v) is 6.94. The van der Waals surface area contributed by atoms with Crippen LogP contribution in [0.3, 0.4) is 0 Å². The fourth-order valence-corrected chi connectivity index (χ4v) is 0.949. The van der Waals surface area contributed by atoms with Crippen molar-refractivity contribution in [1.82, 2.24) is 4.98 Å². The molecule has 0 aliphatic carbocycles. The van der Waals surface area contributed by atoms with Crippen molar-refractivity contribution in [3.8, 4) is 6.07 Å². The molecule has 0 unspecified atom stereocenters. The second-order valence-corrected chi connectivity index (χ2v) is 2.60. The third-order valence-corrected chi connectivity index (χ3v) is 1.67. The van der Waals surface area contributed by atoms with Crippen molar-refractivity contribution in [2.45, 2.75) is 6.04 Å². The standard InChI is InChI=1S/C8H10N4O/c9-2-5-1-6(7(10)4-13)8(11)12-3-5/h1,3,7,13H,4,10H2,(H2,11,12)/t7-/m0/s1. The van der Waals surface area contributed by atoms with E-state index < -0.39 is 6.04 Å². The Balaban J connectivity index is 3.12. The molecule has 0 bridgehead atoms. The molecule has 1 aromatic heterocycles. The monoisotopic (exact) mass is 178 g/mol. The SMILES string of the molecule is N#Cc1cnc(N)c([C@@H](N)CO)c1. The Morgan fingerprint density at radius 3 is 2.92 bits per heavy atom. The van der Waals surface area contributed by atoms with Crippen LogP contribution < -0.4 is 11.5 Å². The molecular formula is C8H10N4O. The lowest BCUT2D eigenvalue weighted by molar-refractivity contribution is 0.268. The van der Waals surface area contributed by atoms with Gasteiger partial charge in [0.2, 0.25) is 0 Å². The molecule has 5 heteroatoms. The van der Waals surface area contributed by atoms with Crippen LogP contribution in [0, 0.1) is 11.3 Å². The van der Waals surface area contributed by atoms with Crippen molar-refractivity contribution in [2.75, 3.05) is 12.3 Å². The van der Waals surface area contributed by atoms with E-state index in [1.807, 2.05) is 6.07 Å². The molecule has 1 aromatic rings. The van der Waals surface area contributed by atoms with Gasteiger partial charge in [-0.05, 0) is 6.07 Å². The number of nitrogens with two attached hydrogens (primary N) is 2. The highest BCUT2D eigenvalue weighted by Crippen LogP contribution is 2.16. The van der Waals surface area contributed by atoms with Gasteiger partial charge in [-0.15, -0.1) is 0 Å². The van der Waals surface area contributed by atoms with Crippen molar-refractivity contribution in [2.24, 2.45) is 5.73 Å². The number of hydrogen-bond donors (Lipinski definition) is 3. The maximum absolute atomic E-state index is 8.79. The molecule has 0 aromatic carbocycles. The maximum Gasteiger partial charge on any atom is 0.128 e. The molecule has 0 fully saturated rings. The topological polar surface area (TPSA) is 109 Å². The number of hydrogen-bond acceptors (Lipinski definition) is 5. The normalized spacial score (nSPS) is 12.1. The molecule has 0 spiro atoms. The van der Waals surface area contributed by atoms with Gasteiger partial charge in [-0.3, -0.25) is 0 Å². The number of aromatic nitrogens is 1. The van der Waals surface area contributed by atoms with Crippen LogP contribution in [0.1, 0.15) is 17.2 Å². The maximum atomic E-state index is 8.79. The minimum Gasteiger partial charge on any atom is -0.394 e. The van der Waals surface area contributed by atoms with Crippen LogP contribution in [0.2, 0.25) is 0 Å². The largest absolute Gasteiger partial charge is 0.394 e. The van der Waals surface area contributed by atoms with Gasteiger partial charge in [-0.25, -0.2) is 4.98 Å². The van der Waals surface area contributed by atoms with Crippen molar-refractivity contribution < 1.29 is 5.11 Å². The number of nitrogen functional groups attached to an aromatic ring is 1. The second kappa shape index (κ2) is 3.85. The van der Waals surface area contributed by atoms with Crippen LogP contribution in [-0.2, 0) is 0 Å². The van der Waals surface area contributed by atoms with Crippen molar-refractivity contribution in [1.29, 1.82) is 5.26 Å². The predicted molar refractivity (Wildman–Crippen MR) is 47.4 cm³/mol. The molecular weight excluding hydrogens is 168 g/mol. The Bertz CT molecular complexity index is 344. The molecule has 1 atom stereocenters. The van der Waals surface area contributed by atoms with Gasteiger partial charge in [-0.1, -0.05) is 0 Å². The number of pyridine rings is 1. The second-order valence-electron chi connectivity index (χ2n) is 2.60. The van der Waals surface area contributed by atoms with E-state index in [9.17, 15) is 0 Å². The highest BCUT2D eigenvalue weighted by atomic mass is 16.3. The number of anilines is 1. The molecule has 5 N–H and O–H groups in total. The van der Waals surface area contributed by atoms with E-state index in [2.05, 4.69) is 4.98 Å². The third-order valence-electron chi connectivity index (χ3n) is 1.67. The summed E-state index contributed by atoms with van der Waals surface area (Å²) in [5.41, 5.74) is 11.9. The van der Waals surface area contributed by atoms with Crippen molar-refractivity contribution in [3.63, 3.8) is 0 Å². The van der Waals surface area contributed by atoms with E-state index in [0.717, 1.165) is 0 Å². The first-order valence-electron chi connectivity index (χ1n) is 3.71. The predicted octanol–water partition coefficient (Wildman–Crippen LogP) is -0.472. The summed E-state index contributed by atoms with van der Waals surface area (Å²) in [6.45, 7) is -0.221. The summed E-state index contributed by atoms with van der Waals surface area (Å²) in [5, 5.41) is 17.4. The van der Waals surface area contributed by atoms with E-state index in [1.54, 1.807) is 0 Å². The third kappa shape index (κ3) is 1.93. The number of nitriles is 1. The van der Waals surface area contributed by atoms with Gasteiger partial charge >= 0.3 is 0 Å². The molecule has 5 nitrogen and oxygen atoms in total. The lowest BCUT2D eigenvalue weighted by Gasteiger charge is -2.10. The first-order valence-corrected chi connectivity index (χ1v) is 3.71. The fraction of sp³-hybridized carbons (Fsp3) is 0.250. The van der Waals surface area contributed by atoms with E-state index >= 15 is 0 Å². The van der Waals surface area contributed by atoms with E-state index in [-0.39, 0.29) is 12.4 Å². The Kier molecular flexibility index (Phi) is 2.80. The molecule has 0 saturated heterocycles. The van der Waals surface area contributed by atoms with Crippen LogP contribution in [0.4, 0.5) is 5.82 Å². The Morgan fingerprint density at radius 2 is 2.38 bits per heavy atom. The van der Waals surface area contributed by atoms with Gasteiger partial charge in [0.25, 0.3) is 0 Å². The average Bonchev–Trinajstić information content (AvgIpc) is 2.17. The number of rotatable bonds is 2. The van der Waals surface area contributed by atoms with Crippen molar-refractivity contribution >= 4 is 5.82 Å². The summed E-state index contributed by atoms with van der Waals surface area (Å²) < 4.78 is 0. The minimum absolute atomic E-state index is 0.221. The van der Waals surface area contributed by atoms with Gasteiger partial charge < -0.3 is 16.6 Å². The van der Waals surface area contributed by atoms with Crippen LogP contribution in [-0.4, -0.2) is 16.7 Å². The van der Waals surface area contributed by atoms with Crippen LogP contribution in [0.25, 0.3) is 0 Å². The molecule has 0 radical (unpaired) electrons. The molecule has 68 valence electrons. The first kappa shape index (κ1) is 9.45. The van der Waals surface area contributed by atoms with E-state index in [4.69, 9.17) is 21.8 Å². The van der Waals surface area contributed by atoms with Gasteiger partial charge in [0, 0.05) is 11.8 Å². The molecule has 0 amide bonds. The quantitative estimate of drug-likeness (QED) is 0.567. The number of nitrogens with zero attached hydrogens (tertiary/aromatic N) is 2. The summed E-state index contributed by atoms with van der Waals surface area (Å²) in [6.07, 6.45) is 1.36. The lowest BCUT2D eigenvalue weighted by atomic mass is 10.1. The average molecular weight is 178 g/mol. The fourth-order valence-electron chi connectivity index (χ4n) is 0.949. The Hall–Kier alpha value is -1.64. The summed E-state index contributed by atoms with van der Waals surface area (Å²) in [6, 6.07) is 2.87. The zero-order valence-electron chi connectivity index (χ0n) is 6.94. The molecule has 1 rings (SSSR count). The summed E-state index contributed by atoms with van der Waals surface area (Å²) in [7, 11) is 0. The van der Waals surface area contributed by atoms with E-state index in [0.29, 0.717) is 11.1 Å². The highest BCUT2D eigenvalue weighted by Gasteiger charge is 2.09. The van der Waals surface area contributed by atoms with Crippen LogP contribution in [0.5, 0.6) is 0 Å². The first-order chi connectivity index (χ1) is 6.19. The van der Waals surface area contributed by atoms with Gasteiger partial charge in [0.15, 0.2) is 0 Å². The highest BCUT2D eigenvalue weighted by molar-refractivity contribution is 5.45. The van der Waals surface area contributed by atoms with Gasteiger partial charge in [0.05, 0.1) is 18.2 Å². The molecule has 0 aliphatic heterocycles. The lowest BCUT2D eigenvalue weighted by Crippen LogP contribution is -2.17. The molecule has 0 aliphatic rings. The van der Waals surface area contributed by atoms with Gasteiger partial charge in [-0.2, -0.15) is 5.26 Å². The Morgan fingerprint density at radius 1 is 1.69 bits per heavy atom. The molecule has 0 saturated carbocycles. The summed E-state index contributed by atoms with van der Waals surface area (Å²) in [4.78, 5) is 3.78. The molecule has 1 heterocycles. The number of aliphatic hydroxyl groups is 1. The van der Waals surface area contributed by atoms with Gasteiger partial charge in [0.1, 0.15) is 11.9 Å². The van der Waals surface area contributed by atoms with Crippen LogP contribution >= 0.6 is 0 Å². The minimum atomic E-state index is -0.583. The van der Waals surface area contributed by atoms with E-state index in [1.165, 1.54) is 12.3 Å². The summed E-state index contributed by atoms with van der Waals surface area (Å²) in [5.74, 6) is 0.251. The Labute approximate surface area is 75.6 Å². The zero-order chi connectivity index (χ0) is 9.84. The smallest absolute Gasteiger partial charge is 0.128 e. The summed E-state index contributed by atoms with van der Waals surface area (Å²) >= 11 is 0. The number of aliphatic hydroxyl groups excluding tert-OH is 1. The van der Waals surface area contributed by atoms with Crippen molar-refractivity contribution in [3.05, 3.63) is 23.4 Å².